The van der Waals surface area contributed by atoms with Crippen LogP contribution in [0.2, 0.25) is 5.15 Å². The Hall–Kier alpha value is -3.03. The van der Waals surface area contributed by atoms with Crippen molar-refractivity contribution in [2.75, 3.05) is 24.5 Å². The minimum Gasteiger partial charge on any atom is -0.481 e. The number of fused-ring (bicyclic) bond motifs is 1. The van der Waals surface area contributed by atoms with Crippen LogP contribution in [-0.4, -0.2) is 45.6 Å². The molecule has 1 aromatic carbocycles. The molecule has 0 spiro atoms. The maximum absolute atomic E-state index is 14.4. The Labute approximate surface area is 234 Å². The van der Waals surface area contributed by atoms with Crippen molar-refractivity contribution >= 4 is 23.3 Å². The average Bonchev–Trinajstić information content (AvgIpc) is 2.88. The van der Waals surface area contributed by atoms with Gasteiger partial charge in [-0.15, -0.1) is 0 Å². The molecule has 1 N–H and O–H groups in total. The Morgan fingerprint density at radius 1 is 1.10 bits per heavy atom. The summed E-state index contributed by atoms with van der Waals surface area (Å²) in [6.45, 7) is 12.3. The summed E-state index contributed by atoms with van der Waals surface area (Å²) < 4.78 is 14.4. The molecule has 0 unspecified atom stereocenters. The van der Waals surface area contributed by atoms with E-state index in [1.54, 1.807) is 12.3 Å². The highest BCUT2D eigenvalue weighted by Gasteiger charge is 2.30. The van der Waals surface area contributed by atoms with Crippen LogP contribution in [0.5, 0.6) is 0 Å². The molecule has 206 valence electrons. The minimum atomic E-state index is -0.842. The van der Waals surface area contributed by atoms with Crippen LogP contribution in [0, 0.1) is 25.1 Å². The predicted octanol–water partition coefficient (Wildman–Crippen LogP) is 6.36. The van der Waals surface area contributed by atoms with E-state index in [-0.39, 0.29) is 17.0 Å². The maximum atomic E-state index is 14.4. The molecule has 0 saturated carbocycles. The molecule has 2 aliphatic rings. The summed E-state index contributed by atoms with van der Waals surface area (Å²) in [6.07, 6.45) is 4.46. The number of hydrogen-bond acceptors (Lipinski definition) is 5. The van der Waals surface area contributed by atoms with Gasteiger partial charge >= 0.3 is 5.97 Å². The third kappa shape index (κ3) is 5.80. The van der Waals surface area contributed by atoms with Crippen LogP contribution < -0.4 is 4.90 Å². The maximum Gasteiger partial charge on any atom is 0.307 e. The Morgan fingerprint density at radius 3 is 2.56 bits per heavy atom. The van der Waals surface area contributed by atoms with Crippen LogP contribution in [-0.2, 0) is 30.7 Å². The van der Waals surface area contributed by atoms with E-state index in [4.69, 9.17) is 16.6 Å². The second-order valence-electron chi connectivity index (χ2n) is 11.7. The fourth-order valence-corrected chi connectivity index (χ4v) is 6.16. The van der Waals surface area contributed by atoms with Gasteiger partial charge in [0.2, 0.25) is 0 Å². The first kappa shape index (κ1) is 27.5. The van der Waals surface area contributed by atoms with E-state index < -0.39 is 11.8 Å². The van der Waals surface area contributed by atoms with Gasteiger partial charge in [-0.25, -0.2) is 9.37 Å². The van der Waals surface area contributed by atoms with Gasteiger partial charge < -0.3 is 10.0 Å². The number of aryl methyl sites for hydroxylation is 2. The minimum absolute atomic E-state index is 0.0448. The monoisotopic (exact) mass is 550 g/mol. The first-order valence-corrected chi connectivity index (χ1v) is 14.0. The zero-order chi connectivity index (χ0) is 27.9. The summed E-state index contributed by atoms with van der Waals surface area (Å²) in [4.78, 5) is 25.2. The lowest BCUT2D eigenvalue weighted by molar-refractivity contribution is -0.136. The van der Waals surface area contributed by atoms with E-state index in [9.17, 15) is 14.3 Å². The normalized spacial score (nSPS) is 17.2. The highest BCUT2D eigenvalue weighted by Crippen LogP contribution is 2.42. The number of nitrogens with zero attached hydrogens (tertiary/aromatic N) is 4. The van der Waals surface area contributed by atoms with E-state index in [1.807, 2.05) is 13.8 Å². The molecular weight excluding hydrogens is 515 g/mol. The Bertz CT molecular complexity index is 1410. The third-order valence-corrected chi connectivity index (χ3v) is 8.59. The van der Waals surface area contributed by atoms with Gasteiger partial charge in [0.1, 0.15) is 0 Å². The smallest absolute Gasteiger partial charge is 0.307 e. The lowest BCUT2D eigenvalue weighted by Crippen LogP contribution is -2.38. The molecule has 5 rings (SSSR count). The number of piperidine rings is 1. The van der Waals surface area contributed by atoms with Crippen molar-refractivity contribution < 1.29 is 14.3 Å². The molecule has 0 aliphatic carbocycles. The molecule has 39 heavy (non-hydrogen) atoms. The molecule has 0 atom stereocenters. The zero-order valence-corrected chi connectivity index (χ0v) is 23.9. The van der Waals surface area contributed by atoms with Gasteiger partial charge in [-0.1, -0.05) is 43.6 Å². The number of aliphatic carboxylic acids is 1. The first-order chi connectivity index (χ1) is 18.5. The molecule has 8 heteroatoms. The Balaban J connectivity index is 1.49. The molecule has 0 amide bonds. The highest BCUT2D eigenvalue weighted by molar-refractivity contribution is 6.29. The van der Waals surface area contributed by atoms with E-state index in [0.717, 1.165) is 79.2 Å². The van der Waals surface area contributed by atoms with Crippen LogP contribution in [0.25, 0.3) is 11.1 Å². The van der Waals surface area contributed by atoms with Gasteiger partial charge in [0.25, 0.3) is 0 Å². The fourth-order valence-electron chi connectivity index (χ4n) is 5.98. The SMILES string of the molecule is Cc1nc(C)c(-c2ccc3c(c2)CCN(Cc2ccnc(Cl)c2F)C3)c(N2CCC(C)(C)CC2)c1CC(=O)O. The number of hydrogen-bond donors (Lipinski definition) is 1. The molecule has 0 bridgehead atoms. The van der Waals surface area contributed by atoms with Crippen LogP contribution in [0.15, 0.2) is 30.5 Å². The quantitative estimate of drug-likeness (QED) is 0.360. The summed E-state index contributed by atoms with van der Waals surface area (Å²) in [6, 6.07) is 8.22. The lowest BCUT2D eigenvalue weighted by Gasteiger charge is -2.40. The van der Waals surface area contributed by atoms with Gasteiger partial charge in [-0.3, -0.25) is 14.7 Å². The summed E-state index contributed by atoms with van der Waals surface area (Å²) in [5, 5.41) is 9.67. The molecule has 4 heterocycles. The number of aromatic nitrogens is 2. The molecular formula is C31H36ClFN4O2. The van der Waals surface area contributed by atoms with Crippen molar-refractivity contribution in [2.45, 2.75) is 66.5 Å². The summed E-state index contributed by atoms with van der Waals surface area (Å²) >= 11 is 5.89. The van der Waals surface area contributed by atoms with Crippen molar-refractivity contribution in [3.8, 4) is 11.1 Å². The van der Waals surface area contributed by atoms with Gasteiger partial charge in [-0.05, 0) is 61.3 Å². The van der Waals surface area contributed by atoms with Crippen molar-refractivity contribution in [1.82, 2.24) is 14.9 Å². The van der Waals surface area contributed by atoms with Gasteiger partial charge in [-0.2, -0.15) is 0 Å². The highest BCUT2D eigenvalue weighted by atomic mass is 35.5. The standard InChI is InChI=1S/C31H36ClFN4O2/c1-19-25(16-26(38)39)29(37-13-9-31(3,4)10-14-37)27(20(2)35-19)22-5-6-23-17-36(12-8-21(23)15-22)18-24-7-11-34-30(32)28(24)33/h5-7,11,15H,8-10,12-14,16-18H2,1-4H3,(H,38,39). The van der Waals surface area contributed by atoms with Gasteiger partial charge in [0, 0.05) is 67.0 Å². The third-order valence-electron chi connectivity index (χ3n) is 8.32. The number of pyridine rings is 2. The molecule has 1 fully saturated rings. The van der Waals surface area contributed by atoms with Crippen molar-refractivity contribution in [3.63, 3.8) is 0 Å². The van der Waals surface area contributed by atoms with Crippen LogP contribution in [0.3, 0.4) is 0 Å². The number of rotatable bonds is 6. The predicted molar refractivity (Wildman–Crippen MR) is 153 cm³/mol. The second kappa shape index (κ2) is 10.9. The van der Waals surface area contributed by atoms with Crippen molar-refractivity contribution in [3.05, 3.63) is 75.1 Å². The summed E-state index contributed by atoms with van der Waals surface area (Å²) in [5.74, 6) is -1.29. The van der Waals surface area contributed by atoms with Crippen LogP contribution in [0.1, 0.15) is 60.3 Å². The Kier molecular flexibility index (Phi) is 7.66. The van der Waals surface area contributed by atoms with E-state index in [0.29, 0.717) is 12.1 Å². The van der Waals surface area contributed by atoms with E-state index in [2.05, 4.69) is 46.8 Å². The number of carboxylic acid groups (broad SMARTS) is 1. The number of benzene rings is 1. The van der Waals surface area contributed by atoms with Gasteiger partial charge in [0.15, 0.2) is 11.0 Å². The summed E-state index contributed by atoms with van der Waals surface area (Å²) in [5.41, 5.74) is 8.98. The number of carbonyl (C=O) groups is 1. The average molecular weight is 551 g/mol. The zero-order valence-electron chi connectivity index (χ0n) is 23.2. The number of carboxylic acids is 1. The number of halogens is 2. The molecule has 0 radical (unpaired) electrons. The molecule has 2 aliphatic heterocycles. The molecule has 3 aromatic rings. The lowest BCUT2D eigenvalue weighted by atomic mass is 9.82. The second-order valence-corrected chi connectivity index (χ2v) is 12.1. The summed E-state index contributed by atoms with van der Waals surface area (Å²) in [7, 11) is 0. The van der Waals surface area contributed by atoms with Crippen molar-refractivity contribution in [1.29, 1.82) is 0 Å². The van der Waals surface area contributed by atoms with Crippen molar-refractivity contribution in [2.24, 2.45) is 5.41 Å². The van der Waals surface area contributed by atoms with E-state index >= 15 is 0 Å². The number of anilines is 1. The van der Waals surface area contributed by atoms with E-state index in [1.165, 1.54) is 11.1 Å². The van der Waals surface area contributed by atoms with Crippen LogP contribution in [0.4, 0.5) is 10.1 Å². The largest absolute Gasteiger partial charge is 0.481 e. The first-order valence-electron chi connectivity index (χ1n) is 13.6. The Morgan fingerprint density at radius 2 is 1.85 bits per heavy atom. The topological polar surface area (TPSA) is 69.6 Å². The molecule has 2 aromatic heterocycles. The molecule has 1 saturated heterocycles. The fraction of sp³-hybridized carbons (Fsp3) is 0.452. The molecule has 6 nitrogen and oxygen atoms in total. The van der Waals surface area contributed by atoms with Gasteiger partial charge in [0.05, 0.1) is 12.1 Å². The van der Waals surface area contributed by atoms with Crippen LogP contribution >= 0.6 is 11.6 Å².